The lowest BCUT2D eigenvalue weighted by molar-refractivity contribution is 0.875. The van der Waals surface area contributed by atoms with Crippen molar-refractivity contribution >= 4 is 0 Å². The second-order valence-electron chi connectivity index (χ2n) is 17.3. The minimum absolute atomic E-state index is 0.917. The van der Waals surface area contributed by atoms with Crippen LogP contribution in [0.15, 0.2) is 249 Å². The summed E-state index contributed by atoms with van der Waals surface area (Å²) in [7, 11) is 0. The fourth-order valence-electron chi connectivity index (χ4n) is 9.26. The van der Waals surface area contributed by atoms with Crippen molar-refractivity contribution in [1.82, 2.24) is 24.5 Å². The van der Waals surface area contributed by atoms with Gasteiger partial charge in [0.25, 0.3) is 0 Å². The molecule has 0 saturated carbocycles. The summed E-state index contributed by atoms with van der Waals surface area (Å²) in [5, 5.41) is 8.84. The lowest BCUT2D eigenvalue weighted by atomic mass is 9.87. The molecule has 0 saturated heterocycles. The van der Waals surface area contributed by atoms with Crippen molar-refractivity contribution in [1.29, 1.82) is 0 Å². The fraction of sp³-hybridized carbons (Fsp3) is 0.0635. The van der Waals surface area contributed by atoms with E-state index in [0.717, 1.165) is 70.6 Å². The molecule has 0 bridgehead atoms. The number of nitrogens with zero attached hydrogens (tertiary/aromatic N) is 5. The number of rotatable bonds is 14. The Morgan fingerprint density at radius 1 is 0.294 bits per heavy atom. The van der Waals surface area contributed by atoms with Gasteiger partial charge in [-0.05, 0) is 147 Å². The highest BCUT2D eigenvalue weighted by atomic mass is 15.3. The molecule has 3 aromatic heterocycles. The van der Waals surface area contributed by atoms with E-state index in [1.54, 1.807) is 0 Å². The first-order valence-electron chi connectivity index (χ1n) is 23.4. The fourth-order valence-corrected chi connectivity index (χ4v) is 9.26. The Labute approximate surface area is 398 Å². The van der Waals surface area contributed by atoms with E-state index in [9.17, 15) is 0 Å². The molecule has 11 aromatic rings. The second-order valence-corrected chi connectivity index (χ2v) is 17.3. The summed E-state index contributed by atoms with van der Waals surface area (Å²) in [5.74, 6) is 0. The minimum Gasteiger partial charge on any atom is -0.256 e. The van der Waals surface area contributed by atoms with Crippen LogP contribution in [0.3, 0.4) is 0 Å². The third-order valence-electron chi connectivity index (χ3n) is 12.9. The van der Waals surface area contributed by atoms with Crippen LogP contribution >= 0.6 is 0 Å². The first kappa shape index (κ1) is 42.0. The van der Waals surface area contributed by atoms with Gasteiger partial charge in [0, 0.05) is 42.1 Å². The van der Waals surface area contributed by atoms with Crippen LogP contribution in [0.25, 0.3) is 78.3 Å². The first-order chi connectivity index (χ1) is 33.7. The molecule has 0 aliphatic carbocycles. The van der Waals surface area contributed by atoms with E-state index >= 15 is 0 Å². The maximum Gasteiger partial charge on any atom is 0.0708 e. The van der Waals surface area contributed by atoms with Crippen LogP contribution < -0.4 is 0 Å². The molecular weight excluding hydrogens is 827 g/mol. The highest BCUT2D eigenvalue weighted by molar-refractivity contribution is 5.93. The number of aromatic nitrogens is 5. The Kier molecular flexibility index (Phi) is 12.0. The van der Waals surface area contributed by atoms with Gasteiger partial charge in [-0.1, -0.05) is 170 Å². The van der Waals surface area contributed by atoms with Gasteiger partial charge in [0.2, 0.25) is 0 Å². The smallest absolute Gasteiger partial charge is 0.0708 e. The Hall–Kier alpha value is -8.67. The molecule has 0 aliphatic heterocycles. The number of aryl methyl sites for hydroxylation is 4. The second kappa shape index (κ2) is 19.4. The summed E-state index contributed by atoms with van der Waals surface area (Å²) in [6.45, 7) is 0. The average molecular weight is 876 g/mol. The number of hydrogen-bond donors (Lipinski definition) is 0. The van der Waals surface area contributed by atoms with Gasteiger partial charge in [-0.25, -0.2) is 9.36 Å². The number of hydrogen-bond acceptors (Lipinski definition) is 3. The van der Waals surface area contributed by atoms with E-state index in [1.165, 1.54) is 55.6 Å². The molecule has 5 heteroatoms. The topological polar surface area (TPSA) is 48.5 Å². The van der Waals surface area contributed by atoms with Crippen LogP contribution in [0.4, 0.5) is 0 Å². The summed E-state index contributed by atoms with van der Waals surface area (Å²) in [4.78, 5) is 5.24. The Morgan fingerprint density at radius 2 is 0.779 bits per heavy atom. The van der Waals surface area contributed by atoms with Crippen LogP contribution in [0.5, 0.6) is 0 Å². The standard InChI is InChI=1S/C63H49N5/c1-3-12-50(13-4-1)52-28-30-53(31-29-52)61-44-63(55-17-9-16-54(43-55)51-14-5-2-6-15-51)64-45-62(61)60-19-8-7-18-59(60)56-41-48(22-20-46-24-32-57(33-25-46)67-38-10-36-65-67)40-49(42-56)23-21-47-26-34-58(35-27-47)68-39-11-37-66-68/h1-19,24-45H,20-23H2. The van der Waals surface area contributed by atoms with Crippen molar-refractivity contribution in [3.63, 3.8) is 0 Å². The predicted octanol–water partition coefficient (Wildman–Crippen LogP) is 15.0. The maximum absolute atomic E-state index is 5.24. The normalized spacial score (nSPS) is 11.2. The van der Waals surface area contributed by atoms with Crippen LogP contribution in [0.2, 0.25) is 0 Å². The maximum atomic E-state index is 5.24. The van der Waals surface area contributed by atoms with Crippen LogP contribution in [0.1, 0.15) is 22.3 Å². The van der Waals surface area contributed by atoms with Crippen LogP contribution in [0, 0.1) is 0 Å². The Morgan fingerprint density at radius 3 is 1.35 bits per heavy atom. The van der Waals surface area contributed by atoms with Gasteiger partial charge < -0.3 is 0 Å². The highest BCUT2D eigenvalue weighted by Crippen LogP contribution is 2.41. The van der Waals surface area contributed by atoms with E-state index in [1.807, 2.05) is 46.3 Å². The molecule has 3 heterocycles. The molecule has 0 atom stereocenters. The number of benzene rings is 8. The van der Waals surface area contributed by atoms with E-state index in [4.69, 9.17) is 4.98 Å². The van der Waals surface area contributed by atoms with Crippen molar-refractivity contribution in [2.75, 3.05) is 0 Å². The molecule has 5 nitrogen and oxygen atoms in total. The van der Waals surface area contributed by atoms with Gasteiger partial charge in [-0.3, -0.25) is 4.98 Å². The molecule has 326 valence electrons. The summed E-state index contributed by atoms with van der Waals surface area (Å²) in [6, 6.07) is 78.7. The van der Waals surface area contributed by atoms with Crippen LogP contribution in [-0.2, 0) is 25.7 Å². The largest absolute Gasteiger partial charge is 0.256 e. The van der Waals surface area contributed by atoms with Gasteiger partial charge in [0.1, 0.15) is 0 Å². The molecule has 0 radical (unpaired) electrons. The molecule has 68 heavy (non-hydrogen) atoms. The lowest BCUT2D eigenvalue weighted by Gasteiger charge is -2.18. The molecular formula is C63H49N5. The first-order valence-corrected chi connectivity index (χ1v) is 23.4. The molecule has 8 aromatic carbocycles. The van der Waals surface area contributed by atoms with E-state index < -0.39 is 0 Å². The molecule has 0 fully saturated rings. The quantitative estimate of drug-likeness (QED) is 0.109. The zero-order valence-electron chi connectivity index (χ0n) is 37.7. The summed E-state index contributed by atoms with van der Waals surface area (Å²) in [6.07, 6.45) is 13.4. The summed E-state index contributed by atoms with van der Waals surface area (Å²) < 4.78 is 3.80. The zero-order valence-corrected chi connectivity index (χ0v) is 37.7. The van der Waals surface area contributed by atoms with E-state index in [2.05, 4.69) is 223 Å². The van der Waals surface area contributed by atoms with Crippen molar-refractivity contribution in [3.05, 3.63) is 272 Å². The summed E-state index contributed by atoms with van der Waals surface area (Å²) >= 11 is 0. The average Bonchev–Trinajstić information content (AvgIpc) is 4.18. The third-order valence-corrected chi connectivity index (χ3v) is 12.9. The number of pyridine rings is 1. The van der Waals surface area contributed by atoms with E-state index in [0.29, 0.717) is 0 Å². The third kappa shape index (κ3) is 9.37. The van der Waals surface area contributed by atoms with Gasteiger partial charge in [-0.2, -0.15) is 10.2 Å². The van der Waals surface area contributed by atoms with Gasteiger partial charge >= 0.3 is 0 Å². The molecule has 0 N–H and O–H groups in total. The molecule has 0 amide bonds. The van der Waals surface area contributed by atoms with Crippen molar-refractivity contribution < 1.29 is 0 Å². The molecule has 0 unspecified atom stereocenters. The highest BCUT2D eigenvalue weighted by Gasteiger charge is 2.17. The lowest BCUT2D eigenvalue weighted by Crippen LogP contribution is -1.99. The minimum atomic E-state index is 0.917. The van der Waals surface area contributed by atoms with Gasteiger partial charge in [0.05, 0.1) is 17.1 Å². The summed E-state index contributed by atoms with van der Waals surface area (Å²) in [5.41, 5.74) is 21.0. The van der Waals surface area contributed by atoms with Gasteiger partial charge in [-0.15, -0.1) is 0 Å². The monoisotopic (exact) mass is 875 g/mol. The molecule has 0 aliphatic rings. The molecule has 11 rings (SSSR count). The van der Waals surface area contributed by atoms with Gasteiger partial charge in [0.15, 0.2) is 0 Å². The van der Waals surface area contributed by atoms with Crippen molar-refractivity contribution in [2.24, 2.45) is 0 Å². The van der Waals surface area contributed by atoms with Crippen LogP contribution in [-0.4, -0.2) is 24.5 Å². The Balaban J connectivity index is 0.974. The predicted molar refractivity (Wildman–Crippen MR) is 279 cm³/mol. The van der Waals surface area contributed by atoms with Crippen molar-refractivity contribution in [2.45, 2.75) is 25.7 Å². The van der Waals surface area contributed by atoms with E-state index in [-0.39, 0.29) is 0 Å². The SMILES string of the molecule is c1ccc(-c2ccc(-c3cc(-c4cccc(-c5ccccc5)c4)ncc3-c3ccccc3-c3cc(CCc4ccc(-n5cccn5)cc4)cc(CCc4ccc(-n5cccn5)cc4)c3)cc2)cc1. The van der Waals surface area contributed by atoms with Crippen molar-refractivity contribution in [3.8, 4) is 78.3 Å². The molecule has 0 spiro atoms. The Bertz CT molecular complexity index is 3300. The zero-order chi connectivity index (χ0) is 45.5.